The van der Waals surface area contributed by atoms with Crippen LogP contribution in [0.15, 0.2) is 36.4 Å². The Bertz CT molecular complexity index is 490. The van der Waals surface area contributed by atoms with Gasteiger partial charge in [0.25, 0.3) is 0 Å². The summed E-state index contributed by atoms with van der Waals surface area (Å²) in [5.74, 6) is 1.72. The number of hydrogen-bond acceptors (Lipinski definition) is 1. The Kier molecular flexibility index (Phi) is 3.41. The van der Waals surface area contributed by atoms with Gasteiger partial charge >= 0.3 is 0 Å². The molecule has 1 aromatic rings. The maximum atomic E-state index is 12.4. The van der Waals surface area contributed by atoms with Gasteiger partial charge in [-0.05, 0) is 56.1 Å². The van der Waals surface area contributed by atoms with Crippen molar-refractivity contribution in [3.63, 3.8) is 0 Å². The molecule has 0 spiro atoms. The molecule has 1 saturated carbocycles. The van der Waals surface area contributed by atoms with E-state index < -0.39 is 0 Å². The summed E-state index contributed by atoms with van der Waals surface area (Å²) in [6.45, 7) is 2.04. The first-order valence-electron chi connectivity index (χ1n) is 7.29. The minimum Gasteiger partial charge on any atom is -0.326 e. The van der Waals surface area contributed by atoms with Crippen LogP contribution < -0.4 is 5.32 Å². The molecular weight excluding hydrogens is 234 g/mol. The number of carbonyl (C=O) groups excluding carboxylic acids is 1. The quantitative estimate of drug-likeness (QED) is 0.797. The predicted octanol–water partition coefficient (Wildman–Crippen LogP) is 3.93. The second-order valence-electron chi connectivity index (χ2n) is 5.78. The average molecular weight is 255 g/mol. The van der Waals surface area contributed by atoms with Crippen molar-refractivity contribution >= 4 is 11.6 Å². The fraction of sp³-hybridized carbons (Fsp3) is 0.471. The second-order valence-corrected chi connectivity index (χ2v) is 5.78. The number of fused-ring (bicyclic) bond motifs is 1. The minimum atomic E-state index is 0.228. The summed E-state index contributed by atoms with van der Waals surface area (Å²) in [6, 6.07) is 8.00. The van der Waals surface area contributed by atoms with Gasteiger partial charge in [-0.2, -0.15) is 0 Å². The van der Waals surface area contributed by atoms with Gasteiger partial charge in [0.15, 0.2) is 0 Å². The third-order valence-corrected chi connectivity index (χ3v) is 4.54. The second kappa shape index (κ2) is 5.20. The number of allylic oxidation sites excluding steroid dienone is 2. The van der Waals surface area contributed by atoms with Crippen molar-refractivity contribution in [1.29, 1.82) is 0 Å². The smallest absolute Gasteiger partial charge is 0.228 e. The molecule has 19 heavy (non-hydrogen) atoms. The van der Waals surface area contributed by atoms with E-state index in [-0.39, 0.29) is 11.8 Å². The summed E-state index contributed by atoms with van der Waals surface area (Å²) in [5.41, 5.74) is 2.10. The SMILES string of the molecule is Cc1ccccc1NC(=O)C1[C@@H]2CC/C=C\CC[C@@H]12. The molecule has 0 heterocycles. The summed E-state index contributed by atoms with van der Waals surface area (Å²) >= 11 is 0. The van der Waals surface area contributed by atoms with Crippen LogP contribution in [0.4, 0.5) is 5.69 Å². The Hall–Kier alpha value is -1.57. The van der Waals surface area contributed by atoms with Crippen LogP contribution in [0.3, 0.4) is 0 Å². The van der Waals surface area contributed by atoms with Gasteiger partial charge < -0.3 is 5.32 Å². The van der Waals surface area contributed by atoms with E-state index in [4.69, 9.17) is 0 Å². The Morgan fingerprint density at radius 1 is 1.11 bits per heavy atom. The van der Waals surface area contributed by atoms with Crippen LogP contribution >= 0.6 is 0 Å². The van der Waals surface area contributed by atoms with Gasteiger partial charge in [0, 0.05) is 11.6 Å². The Morgan fingerprint density at radius 2 is 1.74 bits per heavy atom. The lowest BCUT2D eigenvalue weighted by atomic mass is 10.1. The molecule has 0 aliphatic heterocycles. The summed E-state index contributed by atoms with van der Waals surface area (Å²) < 4.78 is 0. The molecule has 1 fully saturated rings. The van der Waals surface area contributed by atoms with Crippen LogP contribution in [0.5, 0.6) is 0 Å². The summed E-state index contributed by atoms with van der Waals surface area (Å²) in [6.07, 6.45) is 9.15. The number of hydrogen-bond donors (Lipinski definition) is 1. The van der Waals surface area contributed by atoms with Crippen LogP contribution in [0.2, 0.25) is 0 Å². The molecule has 2 aliphatic carbocycles. The molecule has 1 aromatic carbocycles. The average Bonchev–Trinajstić information content (AvgIpc) is 3.03. The van der Waals surface area contributed by atoms with Crippen LogP contribution in [-0.2, 0) is 4.79 Å². The fourth-order valence-electron chi connectivity index (χ4n) is 3.36. The lowest BCUT2D eigenvalue weighted by Gasteiger charge is -2.07. The molecule has 2 atom stereocenters. The number of para-hydroxylation sites is 1. The van der Waals surface area contributed by atoms with Crippen LogP contribution in [0.1, 0.15) is 31.2 Å². The number of benzene rings is 1. The highest BCUT2D eigenvalue weighted by Gasteiger charge is 2.53. The molecule has 0 aromatic heterocycles. The fourth-order valence-corrected chi connectivity index (χ4v) is 3.36. The van der Waals surface area contributed by atoms with Gasteiger partial charge in [-0.15, -0.1) is 0 Å². The molecule has 0 unspecified atom stereocenters. The first kappa shape index (κ1) is 12.5. The number of nitrogens with one attached hydrogen (secondary N) is 1. The summed E-state index contributed by atoms with van der Waals surface area (Å²) in [4.78, 5) is 12.4. The molecular formula is C17H21NO. The molecule has 1 amide bonds. The predicted molar refractivity (Wildman–Crippen MR) is 77.9 cm³/mol. The van der Waals surface area contributed by atoms with Gasteiger partial charge in [0.1, 0.15) is 0 Å². The first-order chi connectivity index (χ1) is 9.27. The van der Waals surface area contributed by atoms with Crippen molar-refractivity contribution in [2.75, 3.05) is 5.32 Å². The van der Waals surface area contributed by atoms with Crippen molar-refractivity contribution in [2.45, 2.75) is 32.6 Å². The van der Waals surface area contributed by atoms with E-state index in [9.17, 15) is 4.79 Å². The van der Waals surface area contributed by atoms with E-state index in [1.165, 1.54) is 12.8 Å². The highest BCUT2D eigenvalue weighted by atomic mass is 16.2. The Labute approximate surface area is 114 Å². The minimum absolute atomic E-state index is 0.228. The molecule has 2 nitrogen and oxygen atoms in total. The molecule has 100 valence electrons. The molecule has 1 N–H and O–H groups in total. The topological polar surface area (TPSA) is 29.1 Å². The van der Waals surface area contributed by atoms with E-state index in [1.807, 2.05) is 31.2 Å². The molecule has 2 aliphatic rings. The molecule has 0 bridgehead atoms. The van der Waals surface area contributed by atoms with E-state index in [0.29, 0.717) is 11.8 Å². The zero-order chi connectivity index (χ0) is 13.2. The van der Waals surface area contributed by atoms with Crippen LogP contribution in [-0.4, -0.2) is 5.91 Å². The van der Waals surface area contributed by atoms with Crippen molar-refractivity contribution in [3.8, 4) is 0 Å². The van der Waals surface area contributed by atoms with Gasteiger partial charge in [0.05, 0.1) is 0 Å². The normalized spacial score (nSPS) is 30.7. The summed E-state index contributed by atoms with van der Waals surface area (Å²) in [7, 11) is 0. The number of rotatable bonds is 2. The zero-order valence-electron chi connectivity index (χ0n) is 11.4. The van der Waals surface area contributed by atoms with E-state index in [2.05, 4.69) is 17.5 Å². The lowest BCUT2D eigenvalue weighted by molar-refractivity contribution is -0.117. The van der Waals surface area contributed by atoms with Crippen molar-refractivity contribution in [1.82, 2.24) is 0 Å². The Balaban J connectivity index is 1.65. The first-order valence-corrected chi connectivity index (χ1v) is 7.29. The molecule has 3 rings (SSSR count). The Morgan fingerprint density at radius 3 is 2.37 bits per heavy atom. The van der Waals surface area contributed by atoms with E-state index in [1.54, 1.807) is 0 Å². The standard InChI is InChI=1S/C17H21NO/c1-12-8-6-7-11-15(12)18-17(19)16-13-9-4-2-3-5-10-14(13)16/h2-3,6-8,11,13-14,16H,4-5,9-10H2,1H3,(H,18,19)/b3-2-/t13-,14-/m1/s1. The lowest BCUT2D eigenvalue weighted by Crippen LogP contribution is -2.16. The maximum absolute atomic E-state index is 12.4. The van der Waals surface area contributed by atoms with Gasteiger partial charge in [-0.3, -0.25) is 4.79 Å². The van der Waals surface area contributed by atoms with Gasteiger partial charge in [-0.1, -0.05) is 30.4 Å². The number of amides is 1. The maximum Gasteiger partial charge on any atom is 0.228 e. The van der Waals surface area contributed by atoms with Crippen molar-refractivity contribution < 1.29 is 4.79 Å². The number of anilines is 1. The van der Waals surface area contributed by atoms with Crippen molar-refractivity contribution in [3.05, 3.63) is 42.0 Å². The van der Waals surface area contributed by atoms with Crippen molar-refractivity contribution in [2.24, 2.45) is 17.8 Å². The molecule has 2 heteroatoms. The van der Waals surface area contributed by atoms with Gasteiger partial charge in [-0.25, -0.2) is 0 Å². The number of carbonyl (C=O) groups is 1. The third kappa shape index (κ3) is 2.58. The highest BCUT2D eigenvalue weighted by Crippen LogP contribution is 2.53. The third-order valence-electron chi connectivity index (χ3n) is 4.54. The number of aryl methyl sites for hydroxylation is 1. The van der Waals surface area contributed by atoms with Crippen LogP contribution in [0.25, 0.3) is 0 Å². The van der Waals surface area contributed by atoms with E-state index >= 15 is 0 Å². The van der Waals surface area contributed by atoms with Gasteiger partial charge in [0.2, 0.25) is 5.91 Å². The molecule has 0 radical (unpaired) electrons. The monoisotopic (exact) mass is 255 g/mol. The largest absolute Gasteiger partial charge is 0.326 e. The highest BCUT2D eigenvalue weighted by molar-refractivity contribution is 5.95. The molecule has 0 saturated heterocycles. The van der Waals surface area contributed by atoms with Crippen LogP contribution in [0, 0.1) is 24.7 Å². The van der Waals surface area contributed by atoms with E-state index in [0.717, 1.165) is 24.1 Å². The summed E-state index contributed by atoms with van der Waals surface area (Å²) in [5, 5.41) is 3.11. The zero-order valence-corrected chi connectivity index (χ0v) is 11.4.